The van der Waals surface area contributed by atoms with E-state index in [1.807, 2.05) is 0 Å². The maximum absolute atomic E-state index is 7.02. The third-order valence-corrected chi connectivity index (χ3v) is 12.9. The highest BCUT2D eigenvalue weighted by Gasteiger charge is 2.49. The molecule has 0 aliphatic carbocycles. The van der Waals surface area contributed by atoms with Crippen LogP contribution in [0.15, 0.2) is 108 Å². The summed E-state index contributed by atoms with van der Waals surface area (Å²) in [5.41, 5.74) is 24.7. The molecule has 0 saturated heterocycles. The molecule has 0 atom stereocenters. The van der Waals surface area contributed by atoms with Crippen LogP contribution in [0.3, 0.4) is 0 Å². The lowest BCUT2D eigenvalue weighted by Crippen LogP contribution is -2.66. The first-order valence-corrected chi connectivity index (χ1v) is 20.0. The van der Waals surface area contributed by atoms with Crippen molar-refractivity contribution in [1.82, 2.24) is 0 Å². The lowest BCUT2D eigenvalue weighted by molar-refractivity contribution is 0.487. The first-order chi connectivity index (χ1) is 26.5. The van der Waals surface area contributed by atoms with E-state index in [9.17, 15) is 0 Å². The molecule has 0 N–H and O–H groups in total. The van der Waals surface area contributed by atoms with Crippen LogP contribution in [0, 0.1) is 48.5 Å². The number of hydrogen-bond acceptors (Lipinski definition) is 3. The molecule has 0 amide bonds. The Balaban J connectivity index is 1.30. The molecular weight excluding hydrogens is 736 g/mol. The van der Waals surface area contributed by atoms with Gasteiger partial charge in [0.2, 0.25) is 0 Å². The van der Waals surface area contributed by atoms with Crippen molar-refractivity contribution in [3.8, 4) is 45.3 Å². The number of hydrogen-bond donors (Lipinski definition) is 0. The van der Waals surface area contributed by atoms with Crippen LogP contribution in [0.1, 0.15) is 38.9 Å². The Labute approximate surface area is 332 Å². The molecule has 7 aromatic rings. The minimum absolute atomic E-state index is 0.0133. The molecule has 0 saturated carbocycles. The summed E-state index contributed by atoms with van der Waals surface area (Å²) in [4.78, 5) is 2.58. The van der Waals surface area contributed by atoms with E-state index in [0.717, 1.165) is 33.0 Å². The molecule has 0 bridgehead atoms. The number of anilines is 3. The van der Waals surface area contributed by atoms with Crippen molar-refractivity contribution in [2.75, 3.05) is 4.90 Å². The van der Waals surface area contributed by atoms with Crippen LogP contribution in [0.25, 0.3) is 22.3 Å². The van der Waals surface area contributed by atoms with Crippen molar-refractivity contribution in [3.05, 3.63) is 147 Å². The molecule has 55 heavy (non-hydrogen) atoms. The smallest absolute Gasteiger partial charge is 0.256 e. The zero-order valence-electron chi connectivity index (χ0n) is 32.1. The molecule has 0 radical (unpaired) electrons. The summed E-state index contributed by atoms with van der Waals surface area (Å²) in [7, 11) is 0. The Bertz CT molecular complexity index is 2840. The fourth-order valence-corrected chi connectivity index (χ4v) is 11.0. The summed E-state index contributed by atoms with van der Waals surface area (Å²) in [5.74, 6) is 3.71. The molecule has 0 aromatic heterocycles. The summed E-state index contributed by atoms with van der Waals surface area (Å²) >= 11 is 3.76. The number of aryl methyl sites for hydroxylation is 7. The van der Waals surface area contributed by atoms with E-state index in [1.165, 1.54) is 105 Å². The Morgan fingerprint density at radius 1 is 0.455 bits per heavy atom. The molecule has 0 unspecified atom stereocenters. The van der Waals surface area contributed by atoms with Gasteiger partial charge in [-0.25, -0.2) is 0 Å². The predicted molar refractivity (Wildman–Crippen MR) is 235 cm³/mol. The molecule has 6 heteroatoms. The minimum Gasteiger partial charge on any atom is -0.458 e. The third-order valence-electron chi connectivity index (χ3n) is 12.4. The van der Waals surface area contributed by atoms with Crippen LogP contribution < -0.4 is 47.2 Å². The lowest BCUT2D eigenvalue weighted by atomic mass is 9.29. The number of ether oxygens (including phenoxy) is 2. The molecular formula is C49H38B2BrNO2. The van der Waals surface area contributed by atoms with Crippen molar-refractivity contribution in [2.24, 2.45) is 0 Å². The van der Waals surface area contributed by atoms with Crippen molar-refractivity contribution < 1.29 is 9.47 Å². The van der Waals surface area contributed by atoms with E-state index in [1.54, 1.807) is 0 Å². The quantitative estimate of drug-likeness (QED) is 0.164. The van der Waals surface area contributed by atoms with Crippen molar-refractivity contribution in [2.45, 2.75) is 48.5 Å². The second-order valence-electron chi connectivity index (χ2n) is 16.3. The number of nitrogens with zero attached hydrogens (tertiary/aromatic N) is 1. The van der Waals surface area contributed by atoms with Crippen LogP contribution in [0.5, 0.6) is 23.0 Å². The van der Waals surface area contributed by atoms with Crippen LogP contribution in [-0.2, 0) is 0 Å². The highest BCUT2D eigenvalue weighted by molar-refractivity contribution is 9.10. The molecule has 4 aliphatic rings. The highest BCUT2D eigenvalue weighted by atomic mass is 79.9. The van der Waals surface area contributed by atoms with Crippen LogP contribution >= 0.6 is 15.9 Å². The van der Waals surface area contributed by atoms with Gasteiger partial charge in [0, 0.05) is 21.5 Å². The maximum Gasteiger partial charge on any atom is 0.256 e. The van der Waals surface area contributed by atoms with Crippen molar-refractivity contribution >= 4 is 79.2 Å². The number of benzene rings is 7. The summed E-state index contributed by atoms with van der Waals surface area (Å²) in [6.07, 6.45) is 0. The SMILES string of the molecule is Cc1ccc2c(c1)B1c3cc(C)cc4c3N(c3cc(-c5c(C)cccc5C)cc(c31)O2)c1cc(-c2c(C)cc(Br)cc2C)cc2c1B4c1cc(C)ccc1O2. The second-order valence-corrected chi connectivity index (χ2v) is 17.2. The summed E-state index contributed by atoms with van der Waals surface area (Å²) in [6.45, 7) is 15.5. The molecule has 0 fully saturated rings. The Morgan fingerprint density at radius 2 is 0.909 bits per heavy atom. The van der Waals surface area contributed by atoms with E-state index in [2.05, 4.69) is 172 Å². The lowest BCUT2D eigenvalue weighted by Gasteiger charge is -2.47. The Kier molecular flexibility index (Phi) is 6.91. The number of rotatable bonds is 2. The van der Waals surface area contributed by atoms with Crippen LogP contribution in [0.4, 0.5) is 17.1 Å². The fraction of sp³-hybridized carbons (Fsp3) is 0.143. The van der Waals surface area contributed by atoms with Gasteiger partial charge >= 0.3 is 0 Å². The van der Waals surface area contributed by atoms with Crippen LogP contribution in [0.2, 0.25) is 0 Å². The molecule has 4 heterocycles. The monoisotopic (exact) mass is 773 g/mol. The van der Waals surface area contributed by atoms with Crippen LogP contribution in [-0.4, -0.2) is 13.4 Å². The van der Waals surface area contributed by atoms with E-state index in [-0.39, 0.29) is 13.4 Å². The zero-order valence-corrected chi connectivity index (χ0v) is 33.7. The van der Waals surface area contributed by atoms with Gasteiger partial charge in [-0.3, -0.25) is 0 Å². The first kappa shape index (κ1) is 32.9. The van der Waals surface area contributed by atoms with Gasteiger partial charge in [-0.05, 0) is 174 Å². The number of halogens is 1. The summed E-state index contributed by atoms with van der Waals surface area (Å²) in [6, 6.07) is 38.7. The van der Waals surface area contributed by atoms with Gasteiger partial charge in [0.15, 0.2) is 0 Å². The first-order valence-electron chi connectivity index (χ1n) is 19.2. The number of fused-ring (bicyclic) bond motifs is 8. The van der Waals surface area contributed by atoms with Gasteiger partial charge in [-0.1, -0.05) is 87.2 Å². The predicted octanol–water partition coefficient (Wildman–Crippen LogP) is 9.28. The molecule has 4 aliphatic heterocycles. The highest BCUT2D eigenvalue weighted by Crippen LogP contribution is 2.48. The van der Waals surface area contributed by atoms with E-state index < -0.39 is 0 Å². The molecule has 0 spiro atoms. The summed E-state index contributed by atoms with van der Waals surface area (Å²) in [5, 5.41) is 0. The third kappa shape index (κ3) is 4.64. The van der Waals surface area contributed by atoms with Gasteiger partial charge in [-0.15, -0.1) is 0 Å². The average Bonchev–Trinajstić information content (AvgIpc) is 3.13. The van der Waals surface area contributed by atoms with Gasteiger partial charge in [0.05, 0.1) is 0 Å². The second kappa shape index (κ2) is 11.5. The maximum atomic E-state index is 7.02. The standard InChI is InChI=1S/C49H38B2BrNO2/c1-25-11-13-41-35(15-25)50-37-17-27(3)18-38-49(37)53(39-21-32(23-43(54-41)47(39)50)45-28(4)9-8-10-29(45)5)40-22-33(46-30(6)19-34(52)20-31(46)7)24-44-48(40)51(38)36-16-26(2)12-14-42(36)55-44/h8-24H,1-7H3. The molecule has 11 rings (SSSR count). The largest absolute Gasteiger partial charge is 0.458 e. The topological polar surface area (TPSA) is 21.7 Å². The van der Waals surface area contributed by atoms with Gasteiger partial charge < -0.3 is 14.4 Å². The zero-order chi connectivity index (χ0) is 37.6. The van der Waals surface area contributed by atoms with E-state index >= 15 is 0 Å². The van der Waals surface area contributed by atoms with Gasteiger partial charge in [0.1, 0.15) is 23.0 Å². The minimum atomic E-state index is 0.0133. The Hall–Kier alpha value is -5.45. The fourth-order valence-electron chi connectivity index (χ4n) is 10.3. The Morgan fingerprint density at radius 3 is 1.40 bits per heavy atom. The van der Waals surface area contributed by atoms with Gasteiger partial charge in [0.25, 0.3) is 13.4 Å². The molecule has 3 nitrogen and oxygen atoms in total. The van der Waals surface area contributed by atoms with E-state index in [0.29, 0.717) is 0 Å². The van der Waals surface area contributed by atoms with E-state index in [4.69, 9.17) is 9.47 Å². The van der Waals surface area contributed by atoms with Gasteiger partial charge in [-0.2, -0.15) is 0 Å². The molecule has 264 valence electrons. The van der Waals surface area contributed by atoms with Crippen molar-refractivity contribution in [1.29, 1.82) is 0 Å². The van der Waals surface area contributed by atoms with Crippen molar-refractivity contribution in [3.63, 3.8) is 0 Å². The average molecular weight is 774 g/mol. The molecule has 7 aromatic carbocycles. The summed E-state index contributed by atoms with van der Waals surface area (Å²) < 4.78 is 15.1. The normalized spacial score (nSPS) is 13.6.